The fraction of sp³-hybridized carbons (Fsp3) is 0.333. The standard InChI is InChI=1S/C18H23N/c1-13-5-9-17(10-6-13)15(3)19-16(4)18-11-7-14(2)8-12-18/h5-12,15-16,19H,1-4H3/t15-,16?/m0/s1. The van der Waals surface area contributed by atoms with Crippen LogP contribution in [-0.2, 0) is 0 Å². The molecule has 0 aliphatic carbocycles. The Morgan fingerprint density at radius 1 is 0.632 bits per heavy atom. The van der Waals surface area contributed by atoms with Crippen LogP contribution < -0.4 is 5.32 Å². The van der Waals surface area contributed by atoms with E-state index in [1.165, 1.54) is 22.3 Å². The first-order valence-electron chi connectivity index (χ1n) is 6.95. The maximum absolute atomic E-state index is 3.65. The smallest absolute Gasteiger partial charge is 0.0297 e. The summed E-state index contributed by atoms with van der Waals surface area (Å²) < 4.78 is 0. The normalized spacial score (nSPS) is 14.1. The van der Waals surface area contributed by atoms with Gasteiger partial charge in [0, 0.05) is 12.1 Å². The molecular weight excluding hydrogens is 230 g/mol. The molecule has 0 fully saturated rings. The van der Waals surface area contributed by atoms with Crippen molar-refractivity contribution in [3.05, 3.63) is 70.8 Å². The Hall–Kier alpha value is -1.60. The van der Waals surface area contributed by atoms with Crippen molar-refractivity contribution in [2.45, 2.75) is 39.8 Å². The Bertz CT molecular complexity index is 461. The van der Waals surface area contributed by atoms with E-state index in [0.29, 0.717) is 12.1 Å². The highest BCUT2D eigenvalue weighted by molar-refractivity contribution is 5.26. The lowest BCUT2D eigenvalue weighted by Crippen LogP contribution is -2.22. The highest BCUT2D eigenvalue weighted by Crippen LogP contribution is 2.20. The molecule has 19 heavy (non-hydrogen) atoms. The number of hydrogen-bond acceptors (Lipinski definition) is 1. The number of nitrogens with one attached hydrogen (secondary N) is 1. The molecule has 1 heteroatoms. The van der Waals surface area contributed by atoms with Gasteiger partial charge in [0.25, 0.3) is 0 Å². The van der Waals surface area contributed by atoms with E-state index in [0.717, 1.165) is 0 Å². The predicted molar refractivity (Wildman–Crippen MR) is 82.3 cm³/mol. The van der Waals surface area contributed by atoms with Gasteiger partial charge in [0.1, 0.15) is 0 Å². The van der Waals surface area contributed by atoms with Crippen LogP contribution in [0.5, 0.6) is 0 Å². The first kappa shape index (κ1) is 13.8. The molecule has 100 valence electrons. The Morgan fingerprint density at radius 3 is 1.26 bits per heavy atom. The van der Waals surface area contributed by atoms with E-state index in [4.69, 9.17) is 0 Å². The molecule has 0 saturated heterocycles. The molecule has 0 aliphatic heterocycles. The highest BCUT2D eigenvalue weighted by atomic mass is 14.9. The molecule has 0 radical (unpaired) electrons. The van der Waals surface area contributed by atoms with Gasteiger partial charge in [-0.2, -0.15) is 0 Å². The van der Waals surface area contributed by atoms with Crippen LogP contribution in [-0.4, -0.2) is 0 Å². The second-order valence-electron chi connectivity index (χ2n) is 5.43. The van der Waals surface area contributed by atoms with Gasteiger partial charge in [-0.25, -0.2) is 0 Å². The van der Waals surface area contributed by atoms with Crippen molar-refractivity contribution in [1.82, 2.24) is 5.32 Å². The zero-order chi connectivity index (χ0) is 13.8. The summed E-state index contributed by atoms with van der Waals surface area (Å²) in [5.41, 5.74) is 5.29. The van der Waals surface area contributed by atoms with E-state index in [-0.39, 0.29) is 0 Å². The Kier molecular flexibility index (Phi) is 4.39. The number of benzene rings is 2. The summed E-state index contributed by atoms with van der Waals surface area (Å²) in [5, 5.41) is 3.65. The highest BCUT2D eigenvalue weighted by Gasteiger charge is 2.10. The van der Waals surface area contributed by atoms with Crippen LogP contribution in [0.2, 0.25) is 0 Å². The van der Waals surface area contributed by atoms with Crippen LogP contribution in [0.1, 0.15) is 48.2 Å². The maximum Gasteiger partial charge on any atom is 0.0297 e. The molecule has 0 aromatic heterocycles. The molecule has 0 saturated carbocycles. The van der Waals surface area contributed by atoms with Gasteiger partial charge in [-0.05, 0) is 38.8 Å². The van der Waals surface area contributed by atoms with Crippen LogP contribution in [0.25, 0.3) is 0 Å². The molecule has 2 aromatic rings. The SMILES string of the molecule is Cc1ccc(C(C)N[C@@H](C)c2ccc(C)cc2)cc1. The van der Waals surface area contributed by atoms with Gasteiger partial charge in [-0.3, -0.25) is 0 Å². The van der Waals surface area contributed by atoms with Crippen molar-refractivity contribution < 1.29 is 0 Å². The van der Waals surface area contributed by atoms with Gasteiger partial charge < -0.3 is 5.32 Å². The average Bonchev–Trinajstić information content (AvgIpc) is 2.40. The quantitative estimate of drug-likeness (QED) is 0.831. The molecule has 2 rings (SSSR count). The summed E-state index contributed by atoms with van der Waals surface area (Å²) in [4.78, 5) is 0. The van der Waals surface area contributed by atoms with Crippen LogP contribution >= 0.6 is 0 Å². The number of hydrogen-bond donors (Lipinski definition) is 1. The van der Waals surface area contributed by atoms with Gasteiger partial charge in [-0.1, -0.05) is 59.7 Å². The molecule has 0 aliphatic rings. The maximum atomic E-state index is 3.65. The zero-order valence-corrected chi connectivity index (χ0v) is 12.3. The van der Waals surface area contributed by atoms with E-state index < -0.39 is 0 Å². The Labute approximate surface area is 116 Å². The number of rotatable bonds is 4. The van der Waals surface area contributed by atoms with Gasteiger partial charge in [0.2, 0.25) is 0 Å². The van der Waals surface area contributed by atoms with E-state index in [9.17, 15) is 0 Å². The predicted octanol–water partition coefficient (Wildman–Crippen LogP) is 4.72. The monoisotopic (exact) mass is 253 g/mol. The largest absolute Gasteiger partial charge is 0.304 e. The summed E-state index contributed by atoms with van der Waals surface area (Å²) in [6.07, 6.45) is 0. The lowest BCUT2D eigenvalue weighted by molar-refractivity contribution is 0.494. The molecule has 2 aromatic carbocycles. The molecule has 0 amide bonds. The number of aryl methyl sites for hydroxylation is 2. The molecule has 0 bridgehead atoms. The minimum Gasteiger partial charge on any atom is -0.304 e. The molecule has 1 nitrogen and oxygen atoms in total. The van der Waals surface area contributed by atoms with E-state index in [2.05, 4.69) is 81.5 Å². The van der Waals surface area contributed by atoms with E-state index in [1.54, 1.807) is 0 Å². The minimum atomic E-state index is 0.358. The summed E-state index contributed by atoms with van der Waals surface area (Å²) in [6, 6.07) is 18.2. The summed E-state index contributed by atoms with van der Waals surface area (Å²) in [5.74, 6) is 0. The average molecular weight is 253 g/mol. The van der Waals surface area contributed by atoms with Crippen molar-refractivity contribution in [2.24, 2.45) is 0 Å². The van der Waals surface area contributed by atoms with Gasteiger partial charge >= 0.3 is 0 Å². The summed E-state index contributed by atoms with van der Waals surface area (Å²) in [7, 11) is 0. The Balaban J connectivity index is 2.03. The third-order valence-corrected chi connectivity index (χ3v) is 3.65. The van der Waals surface area contributed by atoms with E-state index in [1.807, 2.05) is 0 Å². The third-order valence-electron chi connectivity index (χ3n) is 3.65. The second kappa shape index (κ2) is 6.03. The minimum absolute atomic E-state index is 0.358. The van der Waals surface area contributed by atoms with Gasteiger partial charge in [0.15, 0.2) is 0 Å². The Morgan fingerprint density at radius 2 is 0.947 bits per heavy atom. The van der Waals surface area contributed by atoms with Gasteiger partial charge in [0.05, 0.1) is 0 Å². The fourth-order valence-corrected chi connectivity index (χ4v) is 2.28. The van der Waals surface area contributed by atoms with Gasteiger partial charge in [-0.15, -0.1) is 0 Å². The van der Waals surface area contributed by atoms with Crippen molar-refractivity contribution in [2.75, 3.05) is 0 Å². The topological polar surface area (TPSA) is 12.0 Å². The van der Waals surface area contributed by atoms with Crippen LogP contribution in [0.3, 0.4) is 0 Å². The van der Waals surface area contributed by atoms with E-state index >= 15 is 0 Å². The zero-order valence-electron chi connectivity index (χ0n) is 12.3. The molecular formula is C18H23N. The lowest BCUT2D eigenvalue weighted by atomic mass is 10.0. The van der Waals surface area contributed by atoms with Crippen molar-refractivity contribution in [3.63, 3.8) is 0 Å². The molecule has 2 atom stereocenters. The van der Waals surface area contributed by atoms with Crippen molar-refractivity contribution in [1.29, 1.82) is 0 Å². The second-order valence-corrected chi connectivity index (χ2v) is 5.43. The fourth-order valence-electron chi connectivity index (χ4n) is 2.28. The van der Waals surface area contributed by atoms with Crippen molar-refractivity contribution in [3.8, 4) is 0 Å². The summed E-state index contributed by atoms with van der Waals surface area (Å²) in [6.45, 7) is 8.68. The lowest BCUT2D eigenvalue weighted by Gasteiger charge is -2.21. The molecule has 0 spiro atoms. The van der Waals surface area contributed by atoms with Crippen molar-refractivity contribution >= 4 is 0 Å². The first-order chi connectivity index (χ1) is 9.06. The van der Waals surface area contributed by atoms with Crippen LogP contribution in [0, 0.1) is 13.8 Å². The molecule has 0 heterocycles. The first-order valence-corrected chi connectivity index (χ1v) is 6.95. The summed E-state index contributed by atoms with van der Waals surface area (Å²) >= 11 is 0. The molecule has 1 unspecified atom stereocenters. The molecule has 1 N–H and O–H groups in total. The van der Waals surface area contributed by atoms with Crippen LogP contribution in [0.4, 0.5) is 0 Å². The van der Waals surface area contributed by atoms with Crippen LogP contribution in [0.15, 0.2) is 48.5 Å². The third kappa shape index (κ3) is 3.68.